The number of hydrogen-bond acceptors (Lipinski definition) is 4. The van der Waals surface area contributed by atoms with E-state index in [1.807, 2.05) is 17.5 Å². The van der Waals surface area contributed by atoms with Crippen LogP contribution in [0.3, 0.4) is 0 Å². The van der Waals surface area contributed by atoms with Crippen LogP contribution in [0.2, 0.25) is 0 Å². The Balaban J connectivity index is 2.05. The molecular weight excluding hydrogens is 275 g/mol. The molecule has 1 aromatic heterocycles. The molecule has 0 spiro atoms. The van der Waals surface area contributed by atoms with E-state index < -0.39 is 18.7 Å². The molecular formula is C9H10F3NO2S2. The van der Waals surface area contributed by atoms with Gasteiger partial charge in [0.15, 0.2) is 6.61 Å². The molecule has 1 N–H and O–H groups in total. The number of rotatable bonds is 6. The fourth-order valence-corrected chi connectivity index (χ4v) is 2.52. The number of halogens is 3. The molecule has 0 aromatic carbocycles. The van der Waals surface area contributed by atoms with Gasteiger partial charge < -0.3 is 0 Å². The van der Waals surface area contributed by atoms with Crippen molar-refractivity contribution in [3.8, 4) is 0 Å². The van der Waals surface area contributed by atoms with Gasteiger partial charge in [-0.05, 0) is 11.4 Å². The first kappa shape index (κ1) is 14.3. The Labute approximate surface area is 104 Å². The number of hydrogen-bond donors (Lipinski definition) is 1. The molecule has 0 aliphatic carbocycles. The SMILES string of the molecule is O=C(CSCc1cccs1)NOCC(F)(F)F. The minimum Gasteiger partial charge on any atom is -0.272 e. The standard InChI is InChI=1S/C9H10F3NO2S2/c10-9(11,12)6-15-13-8(14)5-16-4-7-2-1-3-17-7/h1-3H,4-6H2,(H,13,14). The molecule has 96 valence electrons. The molecule has 0 aliphatic heterocycles. The van der Waals surface area contributed by atoms with Gasteiger partial charge in [0.05, 0.1) is 5.75 Å². The Hall–Kier alpha value is -0.730. The third-order valence-corrected chi connectivity index (χ3v) is 3.52. The van der Waals surface area contributed by atoms with Crippen molar-refractivity contribution >= 4 is 29.0 Å². The maximum Gasteiger partial charge on any atom is 0.414 e. The lowest BCUT2D eigenvalue weighted by atomic mass is 10.5. The molecule has 0 atom stereocenters. The first-order valence-corrected chi connectivity index (χ1v) is 6.58. The van der Waals surface area contributed by atoms with Crippen molar-refractivity contribution < 1.29 is 22.8 Å². The first-order valence-electron chi connectivity index (χ1n) is 4.55. The van der Waals surface area contributed by atoms with E-state index in [-0.39, 0.29) is 5.75 Å². The zero-order valence-corrected chi connectivity index (χ0v) is 10.3. The van der Waals surface area contributed by atoms with Gasteiger partial charge in [0.1, 0.15) is 0 Å². The minimum absolute atomic E-state index is 0.0652. The summed E-state index contributed by atoms with van der Waals surface area (Å²) in [7, 11) is 0. The van der Waals surface area contributed by atoms with Crippen LogP contribution in [-0.2, 0) is 15.4 Å². The smallest absolute Gasteiger partial charge is 0.272 e. The maximum absolute atomic E-state index is 11.7. The quantitative estimate of drug-likeness (QED) is 0.816. The molecule has 17 heavy (non-hydrogen) atoms. The van der Waals surface area contributed by atoms with E-state index in [0.717, 1.165) is 4.88 Å². The van der Waals surface area contributed by atoms with Gasteiger partial charge in [-0.1, -0.05) is 6.07 Å². The van der Waals surface area contributed by atoms with Crippen molar-refractivity contribution in [1.29, 1.82) is 0 Å². The average Bonchev–Trinajstić information content (AvgIpc) is 2.68. The van der Waals surface area contributed by atoms with Crippen molar-refractivity contribution in [1.82, 2.24) is 5.48 Å². The van der Waals surface area contributed by atoms with E-state index in [9.17, 15) is 18.0 Å². The van der Waals surface area contributed by atoms with Crippen molar-refractivity contribution in [2.75, 3.05) is 12.4 Å². The van der Waals surface area contributed by atoms with Gasteiger partial charge in [0, 0.05) is 10.6 Å². The van der Waals surface area contributed by atoms with Crippen LogP contribution in [-0.4, -0.2) is 24.4 Å². The number of hydroxylamine groups is 1. The van der Waals surface area contributed by atoms with Gasteiger partial charge in [-0.2, -0.15) is 13.2 Å². The average molecular weight is 285 g/mol. The third kappa shape index (κ3) is 7.24. The summed E-state index contributed by atoms with van der Waals surface area (Å²) in [6, 6.07) is 3.82. The summed E-state index contributed by atoms with van der Waals surface area (Å²) in [6.45, 7) is -1.48. The lowest BCUT2D eigenvalue weighted by molar-refractivity contribution is -0.191. The van der Waals surface area contributed by atoms with Crippen molar-refractivity contribution in [2.45, 2.75) is 11.9 Å². The summed E-state index contributed by atoms with van der Waals surface area (Å²) in [6.07, 6.45) is -4.43. The molecule has 0 aliphatic rings. The molecule has 8 heteroatoms. The Morgan fingerprint density at radius 3 is 2.88 bits per heavy atom. The van der Waals surface area contributed by atoms with Gasteiger partial charge >= 0.3 is 6.18 Å². The Morgan fingerprint density at radius 2 is 2.29 bits per heavy atom. The molecule has 0 radical (unpaired) electrons. The van der Waals surface area contributed by atoms with Crippen LogP contribution in [0.4, 0.5) is 13.2 Å². The Bertz CT molecular complexity index is 341. The number of thiophene rings is 1. The fourth-order valence-electron chi connectivity index (χ4n) is 0.867. The lowest BCUT2D eigenvalue weighted by Gasteiger charge is -2.07. The van der Waals surface area contributed by atoms with E-state index in [4.69, 9.17) is 0 Å². The van der Waals surface area contributed by atoms with Crippen LogP contribution in [0.25, 0.3) is 0 Å². The van der Waals surface area contributed by atoms with Crippen LogP contribution in [0, 0.1) is 0 Å². The molecule has 0 fully saturated rings. The normalized spacial score (nSPS) is 11.5. The molecule has 0 saturated heterocycles. The van der Waals surface area contributed by atoms with E-state index in [2.05, 4.69) is 4.84 Å². The minimum atomic E-state index is -4.43. The molecule has 1 heterocycles. The predicted octanol–water partition coefficient (Wildman–Crippen LogP) is 2.59. The molecule has 1 aromatic rings. The molecule has 0 unspecified atom stereocenters. The lowest BCUT2D eigenvalue weighted by Crippen LogP contribution is -2.30. The first-order chi connectivity index (χ1) is 7.97. The largest absolute Gasteiger partial charge is 0.414 e. The van der Waals surface area contributed by atoms with E-state index in [1.54, 1.807) is 16.8 Å². The highest BCUT2D eigenvalue weighted by atomic mass is 32.2. The number of carbonyl (C=O) groups excluding carboxylic acids is 1. The summed E-state index contributed by atoms with van der Waals surface area (Å²) in [4.78, 5) is 16.2. The highest BCUT2D eigenvalue weighted by Crippen LogP contribution is 2.17. The second kappa shape index (κ2) is 6.87. The molecule has 1 rings (SSSR count). The summed E-state index contributed by atoms with van der Waals surface area (Å²) in [5, 5.41) is 1.92. The zero-order valence-electron chi connectivity index (χ0n) is 8.62. The van der Waals surface area contributed by atoms with Gasteiger partial charge in [-0.15, -0.1) is 23.1 Å². The topological polar surface area (TPSA) is 38.3 Å². The summed E-state index contributed by atoms with van der Waals surface area (Å²) in [5.41, 5.74) is 1.74. The predicted molar refractivity (Wildman–Crippen MR) is 60.6 cm³/mol. The second-order valence-electron chi connectivity index (χ2n) is 3.00. The number of amides is 1. The van der Waals surface area contributed by atoms with Crippen LogP contribution in [0.5, 0.6) is 0 Å². The Morgan fingerprint density at radius 1 is 1.53 bits per heavy atom. The monoisotopic (exact) mass is 285 g/mol. The van der Waals surface area contributed by atoms with Crippen LogP contribution >= 0.6 is 23.1 Å². The van der Waals surface area contributed by atoms with Crippen LogP contribution in [0.15, 0.2) is 17.5 Å². The molecule has 3 nitrogen and oxygen atoms in total. The fraction of sp³-hybridized carbons (Fsp3) is 0.444. The second-order valence-corrected chi connectivity index (χ2v) is 5.02. The molecule has 1 amide bonds. The van der Waals surface area contributed by atoms with Gasteiger partial charge in [0.25, 0.3) is 5.91 Å². The van der Waals surface area contributed by atoms with E-state index >= 15 is 0 Å². The van der Waals surface area contributed by atoms with Crippen LogP contribution < -0.4 is 5.48 Å². The van der Waals surface area contributed by atoms with Crippen molar-refractivity contribution in [2.24, 2.45) is 0 Å². The summed E-state index contributed by atoms with van der Waals surface area (Å²) >= 11 is 2.88. The number of thioether (sulfide) groups is 1. The Kier molecular flexibility index (Phi) is 5.79. The molecule has 0 saturated carbocycles. The third-order valence-electron chi connectivity index (χ3n) is 1.48. The molecule has 0 bridgehead atoms. The number of carbonyl (C=O) groups is 1. The highest BCUT2D eigenvalue weighted by Gasteiger charge is 2.28. The van der Waals surface area contributed by atoms with Crippen molar-refractivity contribution in [3.63, 3.8) is 0 Å². The number of nitrogens with one attached hydrogen (secondary N) is 1. The van der Waals surface area contributed by atoms with Crippen molar-refractivity contribution in [3.05, 3.63) is 22.4 Å². The maximum atomic E-state index is 11.7. The summed E-state index contributed by atoms with van der Waals surface area (Å²) in [5.74, 6) is 0.149. The summed E-state index contributed by atoms with van der Waals surface area (Å²) < 4.78 is 35.0. The highest BCUT2D eigenvalue weighted by molar-refractivity contribution is 7.99. The van der Waals surface area contributed by atoms with E-state index in [1.165, 1.54) is 11.8 Å². The number of alkyl halides is 3. The van der Waals surface area contributed by atoms with E-state index in [0.29, 0.717) is 5.75 Å². The van der Waals surface area contributed by atoms with Crippen LogP contribution in [0.1, 0.15) is 4.88 Å². The zero-order chi connectivity index (χ0) is 12.7. The van der Waals surface area contributed by atoms with Gasteiger partial charge in [-0.25, -0.2) is 5.48 Å². The van der Waals surface area contributed by atoms with Gasteiger partial charge in [0.2, 0.25) is 0 Å². The van der Waals surface area contributed by atoms with Gasteiger partial charge in [-0.3, -0.25) is 9.63 Å².